The molecule has 0 atom stereocenters. The summed E-state index contributed by atoms with van der Waals surface area (Å²) < 4.78 is 41.5. The average Bonchev–Trinajstić information content (AvgIpc) is 4.06. The van der Waals surface area contributed by atoms with E-state index in [-0.39, 0.29) is 38.0 Å². The van der Waals surface area contributed by atoms with E-state index in [1.54, 1.807) is 52.3 Å². The van der Waals surface area contributed by atoms with Gasteiger partial charge in [-0.1, -0.05) is 0 Å². The van der Waals surface area contributed by atoms with Crippen LogP contribution in [0.25, 0.3) is 0 Å². The smallest absolute Gasteiger partial charge is 0.444 e. The molecule has 2 aromatic heterocycles. The minimum atomic E-state index is -1.17. The summed E-state index contributed by atoms with van der Waals surface area (Å²) in [4.78, 5) is 52.8. The van der Waals surface area contributed by atoms with Crippen LogP contribution in [0.5, 0.6) is 0 Å². The number of amides is 4. The Balaban J connectivity index is 0.000000235. The average molecular weight is 880 g/mol. The van der Waals surface area contributed by atoms with Crippen LogP contribution in [0.2, 0.25) is 6.82 Å². The molecule has 4 amide bonds. The second kappa shape index (κ2) is 19.7. The highest BCUT2D eigenvalue weighted by molar-refractivity contribution is 9.10. The van der Waals surface area contributed by atoms with E-state index in [0.29, 0.717) is 41.5 Å². The van der Waals surface area contributed by atoms with Gasteiger partial charge in [-0.05, 0) is 132 Å². The number of alkyl carbamates (subject to hydrolysis) is 2. The highest BCUT2D eigenvalue weighted by atomic mass is 79.9. The SMILES string of the molecule is CB(O)O.CC(C)(C)OC(=O)NC/C(=C\F)Cn1cc2c(c1Br)CCN(C1CC1)C2=O.Cc1c2c(cn1C/C(=C/F)CNC(=O)OC(C)(C)C)C(=O)N(C1CC1)CC2. The molecule has 2 aromatic rings. The lowest BCUT2D eigenvalue weighted by atomic mass is 9.99. The molecule has 2 saturated carbocycles. The molecule has 4 heterocycles. The Morgan fingerprint density at radius 3 is 1.57 bits per heavy atom. The summed E-state index contributed by atoms with van der Waals surface area (Å²) in [5, 5.41) is 20.4. The Labute approximate surface area is 348 Å². The molecular weight excluding hydrogens is 821 g/mol. The Morgan fingerprint density at radius 2 is 1.17 bits per heavy atom. The Kier molecular flexibility index (Phi) is 15.8. The number of nitrogens with zero attached hydrogens (tertiary/aromatic N) is 4. The van der Waals surface area contributed by atoms with Gasteiger partial charge in [0.1, 0.15) is 11.2 Å². The summed E-state index contributed by atoms with van der Waals surface area (Å²) in [6.07, 6.45) is 9.36. The van der Waals surface area contributed by atoms with E-state index in [1.807, 2.05) is 27.5 Å². The van der Waals surface area contributed by atoms with Crippen molar-refractivity contribution in [2.24, 2.45) is 0 Å². The number of carbonyl (C=O) groups is 4. The van der Waals surface area contributed by atoms with Gasteiger partial charge in [-0.25, -0.2) is 18.4 Å². The zero-order valence-corrected chi connectivity index (χ0v) is 36.4. The lowest BCUT2D eigenvalue weighted by Gasteiger charge is -2.27. The molecule has 58 heavy (non-hydrogen) atoms. The van der Waals surface area contributed by atoms with Crippen LogP contribution in [0.1, 0.15) is 105 Å². The fraction of sp³-hybridized carbons (Fsp3) is 0.600. The van der Waals surface area contributed by atoms with Gasteiger partial charge in [-0.15, -0.1) is 0 Å². The van der Waals surface area contributed by atoms with Gasteiger partial charge < -0.3 is 49.1 Å². The molecule has 6 rings (SSSR count). The highest BCUT2D eigenvalue weighted by Crippen LogP contribution is 2.36. The van der Waals surface area contributed by atoms with Gasteiger partial charge >= 0.3 is 19.3 Å². The lowest BCUT2D eigenvalue weighted by molar-refractivity contribution is 0.0520. The number of carbonyl (C=O) groups excluding carboxylic acids is 4. The molecule has 0 saturated heterocycles. The normalized spacial score (nSPS) is 17.0. The van der Waals surface area contributed by atoms with E-state index < -0.39 is 30.5 Å². The predicted molar refractivity (Wildman–Crippen MR) is 220 cm³/mol. The number of ether oxygens (including phenoxy) is 2. The lowest BCUT2D eigenvalue weighted by Crippen LogP contribution is -2.38. The van der Waals surface area contributed by atoms with E-state index >= 15 is 0 Å². The van der Waals surface area contributed by atoms with Gasteiger partial charge in [-0.3, -0.25) is 9.59 Å². The number of nitrogens with one attached hydrogen (secondary N) is 2. The van der Waals surface area contributed by atoms with Crippen LogP contribution in [-0.4, -0.2) is 110 Å². The minimum absolute atomic E-state index is 0.0306. The molecule has 4 N–H and O–H groups in total. The number of fused-ring (bicyclic) bond motifs is 2. The second-order valence-electron chi connectivity index (χ2n) is 17.0. The van der Waals surface area contributed by atoms with Gasteiger partial charge in [0.2, 0.25) is 0 Å². The van der Waals surface area contributed by atoms with E-state index in [4.69, 9.17) is 19.5 Å². The van der Waals surface area contributed by atoms with Crippen molar-refractivity contribution in [3.05, 3.63) is 68.8 Å². The van der Waals surface area contributed by atoms with Crippen LogP contribution >= 0.6 is 15.9 Å². The number of hydrogen-bond donors (Lipinski definition) is 4. The molecule has 2 fully saturated rings. The molecule has 320 valence electrons. The van der Waals surface area contributed by atoms with Gasteiger partial charge in [0.15, 0.2) is 0 Å². The van der Waals surface area contributed by atoms with Gasteiger partial charge in [0.05, 0.1) is 28.4 Å². The van der Waals surface area contributed by atoms with Gasteiger partial charge in [-0.2, -0.15) is 0 Å². The van der Waals surface area contributed by atoms with Crippen molar-refractivity contribution >= 4 is 47.0 Å². The maximum absolute atomic E-state index is 13.4. The fourth-order valence-corrected chi connectivity index (χ4v) is 7.26. The van der Waals surface area contributed by atoms with Crippen molar-refractivity contribution in [2.45, 2.75) is 130 Å². The molecule has 18 heteroatoms. The molecule has 0 spiro atoms. The maximum atomic E-state index is 13.4. The summed E-state index contributed by atoms with van der Waals surface area (Å²) in [6.45, 7) is 15.9. The van der Waals surface area contributed by atoms with Gasteiger partial charge in [0, 0.05) is 69.4 Å². The summed E-state index contributed by atoms with van der Waals surface area (Å²) in [7, 11) is -1.17. The molecule has 4 aliphatic rings. The fourth-order valence-electron chi connectivity index (χ4n) is 6.62. The largest absolute Gasteiger partial charge is 0.448 e. The molecule has 0 radical (unpaired) electrons. The molecule has 2 aliphatic carbocycles. The standard InChI is InChI=1S/C20H28FN3O3.C19H25BrFN3O3.CH5BO2/c1-13-16-7-8-24(15-5-6-15)18(25)17(16)12-23(13)11-14(9-21)10-22-19(26)27-20(2,3)4;1-19(2,3)27-18(26)22-9-12(8-21)10-23-11-15-14(16(23)20)6-7-24(17(15)25)13-4-5-13;1-2(3)4/h9,12,15H,5-8,10-11H2,1-4H3,(H,22,26);8,11,13H,4-7,9-10H2,1-3H3,(H,22,26);3-4H,1H3/b14-9+;12-8+;. The zero-order chi connectivity index (χ0) is 43.1. The van der Waals surface area contributed by atoms with Crippen molar-refractivity contribution in [1.82, 2.24) is 29.6 Å². The van der Waals surface area contributed by atoms with E-state index in [2.05, 4.69) is 26.6 Å². The Hall–Kier alpha value is -4.16. The topological polar surface area (TPSA) is 168 Å². The summed E-state index contributed by atoms with van der Waals surface area (Å²) in [5.74, 6) is 0.133. The quantitative estimate of drug-likeness (QED) is 0.205. The first-order chi connectivity index (χ1) is 27.1. The maximum Gasteiger partial charge on any atom is 0.448 e. The first kappa shape index (κ1) is 46.5. The van der Waals surface area contributed by atoms with Crippen LogP contribution in [-0.2, 0) is 35.4 Å². The summed E-state index contributed by atoms with van der Waals surface area (Å²) >= 11 is 3.55. The molecule has 0 bridgehead atoms. The molecular formula is C40H58BBrF2N6O8. The van der Waals surface area contributed by atoms with Crippen molar-refractivity contribution in [3.8, 4) is 0 Å². The third-order valence-electron chi connectivity index (χ3n) is 9.52. The van der Waals surface area contributed by atoms with Crippen molar-refractivity contribution in [1.29, 1.82) is 0 Å². The van der Waals surface area contributed by atoms with Crippen molar-refractivity contribution < 1.29 is 47.5 Å². The minimum Gasteiger partial charge on any atom is -0.444 e. The first-order valence-corrected chi connectivity index (χ1v) is 20.5. The number of halogens is 3. The van der Waals surface area contributed by atoms with Crippen LogP contribution in [0, 0.1) is 6.92 Å². The van der Waals surface area contributed by atoms with Crippen LogP contribution in [0.15, 0.2) is 40.8 Å². The summed E-state index contributed by atoms with van der Waals surface area (Å²) in [6, 6.07) is 0.778. The van der Waals surface area contributed by atoms with Crippen LogP contribution in [0.4, 0.5) is 18.4 Å². The first-order valence-electron chi connectivity index (χ1n) is 19.7. The summed E-state index contributed by atoms with van der Waals surface area (Å²) in [5.41, 5.74) is 3.97. The van der Waals surface area contributed by atoms with Crippen molar-refractivity contribution in [3.63, 3.8) is 0 Å². The van der Waals surface area contributed by atoms with Crippen LogP contribution < -0.4 is 10.6 Å². The molecule has 2 aliphatic heterocycles. The number of rotatable bonds is 10. The Morgan fingerprint density at radius 1 is 0.793 bits per heavy atom. The Bertz CT molecular complexity index is 1740. The second-order valence-corrected chi connectivity index (χ2v) is 17.8. The number of hydrogen-bond acceptors (Lipinski definition) is 8. The molecule has 0 aromatic carbocycles. The predicted octanol–water partition coefficient (Wildman–Crippen LogP) is 6.21. The van der Waals surface area contributed by atoms with Crippen molar-refractivity contribution in [2.75, 3.05) is 26.2 Å². The third kappa shape index (κ3) is 13.4. The van der Waals surface area contributed by atoms with E-state index in [9.17, 15) is 28.0 Å². The highest BCUT2D eigenvalue weighted by Gasteiger charge is 2.39. The number of aromatic nitrogens is 2. The zero-order valence-electron chi connectivity index (χ0n) is 34.8. The van der Waals surface area contributed by atoms with E-state index in [0.717, 1.165) is 78.6 Å². The molecule has 14 nitrogen and oxygen atoms in total. The van der Waals surface area contributed by atoms with Crippen LogP contribution in [0.3, 0.4) is 0 Å². The van der Waals surface area contributed by atoms with E-state index in [1.165, 1.54) is 6.82 Å². The molecule has 0 unspecified atom stereocenters. The van der Waals surface area contributed by atoms with Gasteiger partial charge in [0.25, 0.3) is 11.8 Å². The monoisotopic (exact) mass is 878 g/mol. The third-order valence-corrected chi connectivity index (χ3v) is 10.5.